The quantitative estimate of drug-likeness (QED) is 0.431. The maximum absolute atomic E-state index is 13.4. The molecule has 2 aromatic carbocycles. The lowest BCUT2D eigenvalue weighted by molar-refractivity contribution is -0.146. The number of hydrogen-bond donors (Lipinski definition) is 0. The average molecular weight is 431 g/mol. The van der Waals surface area contributed by atoms with Crippen LogP contribution in [0.15, 0.2) is 59.5 Å². The van der Waals surface area contributed by atoms with Crippen LogP contribution >= 0.6 is 0 Å². The minimum absolute atomic E-state index is 0.0436. The standard InChI is InChI=1S/C25H26N4O3/c1-16(2)23-21-13-26-29(20-11-10-17(3)18(4)12-20)24(21)25(31)28(27-23)14-22(30)32-15-19-8-6-5-7-9-19/h5-13,16H,14-15H2,1-4H3. The van der Waals surface area contributed by atoms with E-state index in [1.165, 1.54) is 4.68 Å². The monoisotopic (exact) mass is 430 g/mol. The number of aromatic nitrogens is 4. The lowest BCUT2D eigenvalue weighted by Gasteiger charge is -2.12. The minimum atomic E-state index is -0.519. The largest absolute Gasteiger partial charge is 0.459 e. The molecule has 2 heterocycles. The summed E-state index contributed by atoms with van der Waals surface area (Å²) in [5.74, 6) is -0.475. The number of fused-ring (bicyclic) bond motifs is 1. The van der Waals surface area contributed by atoms with Gasteiger partial charge in [-0.15, -0.1) is 0 Å². The molecule has 7 nitrogen and oxygen atoms in total. The lowest BCUT2D eigenvalue weighted by atomic mass is 10.1. The Hall–Kier alpha value is -3.74. The molecule has 32 heavy (non-hydrogen) atoms. The molecule has 0 unspecified atom stereocenters. The molecule has 0 N–H and O–H groups in total. The Labute approximate surface area is 186 Å². The highest BCUT2D eigenvalue weighted by Gasteiger charge is 2.20. The molecule has 0 aliphatic carbocycles. The number of benzene rings is 2. The van der Waals surface area contributed by atoms with Crippen LogP contribution in [0.3, 0.4) is 0 Å². The van der Waals surface area contributed by atoms with Gasteiger partial charge in [0, 0.05) is 5.39 Å². The number of hydrogen-bond acceptors (Lipinski definition) is 5. The Morgan fingerprint density at radius 3 is 2.50 bits per heavy atom. The highest BCUT2D eigenvalue weighted by atomic mass is 16.5. The van der Waals surface area contributed by atoms with E-state index in [2.05, 4.69) is 10.2 Å². The van der Waals surface area contributed by atoms with Gasteiger partial charge in [0.25, 0.3) is 5.56 Å². The number of esters is 1. The Balaban J connectivity index is 1.73. The van der Waals surface area contributed by atoms with E-state index in [4.69, 9.17) is 4.74 Å². The molecule has 0 radical (unpaired) electrons. The van der Waals surface area contributed by atoms with Gasteiger partial charge >= 0.3 is 5.97 Å². The van der Waals surface area contributed by atoms with E-state index in [9.17, 15) is 9.59 Å². The molecule has 0 atom stereocenters. The van der Waals surface area contributed by atoms with Crippen molar-refractivity contribution in [1.29, 1.82) is 0 Å². The summed E-state index contributed by atoms with van der Waals surface area (Å²) in [6, 6.07) is 15.3. The Bertz CT molecular complexity index is 1340. The van der Waals surface area contributed by atoms with E-state index in [1.807, 2.05) is 76.2 Å². The van der Waals surface area contributed by atoms with Gasteiger partial charge in [-0.05, 0) is 48.6 Å². The number of nitrogens with zero attached hydrogens (tertiary/aromatic N) is 4. The smallest absolute Gasteiger partial charge is 0.328 e. The molecule has 0 fully saturated rings. The summed E-state index contributed by atoms with van der Waals surface area (Å²) in [7, 11) is 0. The summed E-state index contributed by atoms with van der Waals surface area (Å²) in [5.41, 5.74) is 4.68. The Kier molecular flexibility index (Phi) is 5.90. The Morgan fingerprint density at radius 1 is 1.06 bits per heavy atom. The van der Waals surface area contributed by atoms with Crippen molar-refractivity contribution >= 4 is 16.9 Å². The van der Waals surface area contributed by atoms with Crippen molar-refractivity contribution in [3.05, 3.63) is 87.5 Å². The van der Waals surface area contributed by atoms with E-state index in [0.29, 0.717) is 16.6 Å². The third-order valence-electron chi connectivity index (χ3n) is 5.51. The zero-order valence-electron chi connectivity index (χ0n) is 18.7. The summed E-state index contributed by atoms with van der Waals surface area (Å²) in [4.78, 5) is 25.8. The molecule has 0 aliphatic heterocycles. The van der Waals surface area contributed by atoms with Crippen LogP contribution < -0.4 is 5.56 Å². The van der Waals surface area contributed by atoms with Crippen LogP contribution in [0, 0.1) is 13.8 Å². The van der Waals surface area contributed by atoms with Crippen molar-refractivity contribution in [2.75, 3.05) is 0 Å². The van der Waals surface area contributed by atoms with Gasteiger partial charge in [-0.25, -0.2) is 9.36 Å². The first-order valence-corrected chi connectivity index (χ1v) is 10.6. The normalized spacial score (nSPS) is 11.3. The second-order valence-electron chi connectivity index (χ2n) is 8.24. The summed E-state index contributed by atoms with van der Waals surface area (Å²) in [5, 5.41) is 9.66. The van der Waals surface area contributed by atoms with E-state index in [1.54, 1.807) is 10.9 Å². The molecule has 164 valence electrons. The average Bonchev–Trinajstić information content (AvgIpc) is 3.22. The van der Waals surface area contributed by atoms with Gasteiger partial charge in [-0.3, -0.25) is 9.59 Å². The van der Waals surface area contributed by atoms with Crippen LogP contribution in [0.1, 0.15) is 42.1 Å². The van der Waals surface area contributed by atoms with Crippen LogP contribution in [0.25, 0.3) is 16.6 Å². The van der Waals surface area contributed by atoms with Crippen molar-refractivity contribution < 1.29 is 9.53 Å². The highest BCUT2D eigenvalue weighted by Crippen LogP contribution is 2.23. The number of aryl methyl sites for hydroxylation is 2. The third kappa shape index (κ3) is 4.19. The third-order valence-corrected chi connectivity index (χ3v) is 5.51. The topological polar surface area (TPSA) is 79.0 Å². The second kappa shape index (κ2) is 8.78. The predicted molar refractivity (Wildman–Crippen MR) is 123 cm³/mol. The summed E-state index contributed by atoms with van der Waals surface area (Å²) >= 11 is 0. The van der Waals surface area contributed by atoms with E-state index in [0.717, 1.165) is 22.4 Å². The fourth-order valence-corrected chi connectivity index (χ4v) is 3.59. The predicted octanol–water partition coefficient (Wildman–Crippen LogP) is 4.07. The molecule has 0 aliphatic rings. The molecule has 0 amide bonds. The molecule has 4 rings (SSSR count). The van der Waals surface area contributed by atoms with Crippen LogP contribution in [0.4, 0.5) is 0 Å². The van der Waals surface area contributed by atoms with Crippen LogP contribution in [-0.4, -0.2) is 25.5 Å². The maximum atomic E-state index is 13.4. The van der Waals surface area contributed by atoms with Gasteiger partial charge in [0.05, 0.1) is 17.6 Å². The molecule has 0 bridgehead atoms. The molecule has 2 aromatic heterocycles. The van der Waals surface area contributed by atoms with Crippen LogP contribution in [0.5, 0.6) is 0 Å². The zero-order valence-corrected chi connectivity index (χ0v) is 18.7. The van der Waals surface area contributed by atoms with Gasteiger partial charge in [0.2, 0.25) is 0 Å². The van der Waals surface area contributed by atoms with Gasteiger partial charge < -0.3 is 4.74 Å². The first-order valence-electron chi connectivity index (χ1n) is 10.6. The highest BCUT2D eigenvalue weighted by molar-refractivity contribution is 5.82. The molecular weight excluding hydrogens is 404 g/mol. The van der Waals surface area contributed by atoms with Crippen molar-refractivity contribution in [2.24, 2.45) is 0 Å². The lowest BCUT2D eigenvalue weighted by Crippen LogP contribution is -2.30. The van der Waals surface area contributed by atoms with Crippen molar-refractivity contribution in [3.8, 4) is 5.69 Å². The van der Waals surface area contributed by atoms with Crippen molar-refractivity contribution in [1.82, 2.24) is 19.6 Å². The SMILES string of the molecule is Cc1ccc(-n2ncc3c(C(C)C)nn(CC(=O)OCc4ccccc4)c(=O)c32)cc1C. The fourth-order valence-electron chi connectivity index (χ4n) is 3.59. The Morgan fingerprint density at radius 2 is 1.81 bits per heavy atom. The maximum Gasteiger partial charge on any atom is 0.328 e. The second-order valence-corrected chi connectivity index (χ2v) is 8.24. The van der Waals surface area contributed by atoms with Gasteiger partial charge in [-0.1, -0.05) is 50.2 Å². The van der Waals surface area contributed by atoms with E-state index in [-0.39, 0.29) is 24.6 Å². The van der Waals surface area contributed by atoms with E-state index < -0.39 is 5.97 Å². The molecule has 0 saturated heterocycles. The summed E-state index contributed by atoms with van der Waals surface area (Å²) < 4.78 is 8.18. The van der Waals surface area contributed by atoms with Crippen LogP contribution in [-0.2, 0) is 22.7 Å². The number of carbonyl (C=O) groups is 1. The first-order chi connectivity index (χ1) is 15.3. The van der Waals surface area contributed by atoms with Crippen molar-refractivity contribution in [2.45, 2.75) is 46.8 Å². The molecular formula is C25H26N4O3. The van der Waals surface area contributed by atoms with Gasteiger partial charge in [-0.2, -0.15) is 10.2 Å². The summed E-state index contributed by atoms with van der Waals surface area (Å²) in [6.45, 7) is 7.94. The fraction of sp³-hybridized carbons (Fsp3) is 0.280. The van der Waals surface area contributed by atoms with Gasteiger partial charge in [0.1, 0.15) is 18.7 Å². The first kappa shape index (κ1) is 21.5. The zero-order chi connectivity index (χ0) is 22.8. The van der Waals surface area contributed by atoms with Crippen molar-refractivity contribution in [3.63, 3.8) is 0 Å². The number of ether oxygens (including phenoxy) is 1. The number of carbonyl (C=O) groups excluding carboxylic acids is 1. The van der Waals surface area contributed by atoms with Crippen LogP contribution in [0.2, 0.25) is 0 Å². The molecule has 0 saturated carbocycles. The molecule has 7 heteroatoms. The minimum Gasteiger partial charge on any atom is -0.459 e. The number of rotatable bonds is 6. The van der Waals surface area contributed by atoms with Gasteiger partial charge in [0.15, 0.2) is 0 Å². The summed E-state index contributed by atoms with van der Waals surface area (Å²) in [6.07, 6.45) is 1.67. The molecule has 0 spiro atoms. The van der Waals surface area contributed by atoms with E-state index >= 15 is 0 Å². The molecule has 4 aromatic rings.